The fraction of sp³-hybridized carbons (Fsp3) is 0.0455. The molecule has 3 rings (SSSR count). The number of thioether (sulfide) groups is 1. The lowest BCUT2D eigenvalue weighted by Gasteiger charge is -2.05. The van der Waals surface area contributed by atoms with Crippen LogP contribution in [0.5, 0.6) is 5.75 Å². The highest BCUT2D eigenvalue weighted by molar-refractivity contribution is 8.02. The molecule has 0 bridgehead atoms. The molecule has 130 valence electrons. The van der Waals surface area contributed by atoms with Crippen molar-refractivity contribution < 1.29 is 4.74 Å². The van der Waals surface area contributed by atoms with Gasteiger partial charge in [-0.3, -0.25) is 0 Å². The van der Waals surface area contributed by atoms with E-state index < -0.39 is 0 Å². The monoisotopic (exact) mass is 379 g/mol. The van der Waals surface area contributed by atoms with Gasteiger partial charge in [0.1, 0.15) is 5.75 Å². The summed E-state index contributed by atoms with van der Waals surface area (Å²) in [5.74, 6) is 0.848. The van der Waals surface area contributed by atoms with Crippen molar-refractivity contribution >= 4 is 34.8 Å². The molecule has 0 radical (unpaired) electrons. The maximum Gasteiger partial charge on any atom is 0.118 e. The van der Waals surface area contributed by atoms with E-state index in [2.05, 4.69) is 0 Å². The molecular formula is C22H18ClNOS. The Labute approximate surface area is 163 Å². The van der Waals surface area contributed by atoms with Gasteiger partial charge in [-0.05, 0) is 53.9 Å². The lowest BCUT2D eigenvalue weighted by atomic mass is 10.1. The number of halogens is 1. The topological polar surface area (TPSA) is 21.6 Å². The minimum absolute atomic E-state index is 0.682. The van der Waals surface area contributed by atoms with Crippen LogP contribution in [-0.4, -0.2) is 12.8 Å². The van der Waals surface area contributed by atoms with Crippen LogP contribution in [0.2, 0.25) is 5.02 Å². The molecule has 4 heteroatoms. The normalized spacial score (nSPS) is 11.7. The van der Waals surface area contributed by atoms with E-state index in [-0.39, 0.29) is 0 Å². The Bertz CT molecular complexity index is 905. The zero-order chi connectivity index (χ0) is 18.2. The molecule has 3 aromatic carbocycles. The van der Waals surface area contributed by atoms with Crippen molar-refractivity contribution in [3.8, 4) is 5.75 Å². The second-order valence-electron chi connectivity index (χ2n) is 5.41. The first-order valence-corrected chi connectivity index (χ1v) is 9.38. The van der Waals surface area contributed by atoms with Gasteiger partial charge in [0.05, 0.1) is 18.5 Å². The quantitative estimate of drug-likeness (QED) is 0.348. The van der Waals surface area contributed by atoms with Gasteiger partial charge >= 0.3 is 0 Å². The molecule has 0 unspecified atom stereocenters. The molecule has 0 aliphatic heterocycles. The Kier molecular flexibility index (Phi) is 6.53. The number of para-hydroxylation sites is 1. The SMILES string of the molecule is COc1ccc(SC=CC(=Nc2ccccc2)c2ccccc2Cl)cc1. The summed E-state index contributed by atoms with van der Waals surface area (Å²) in [5.41, 5.74) is 2.62. The predicted octanol–water partition coefficient (Wildman–Crippen LogP) is 6.78. The van der Waals surface area contributed by atoms with Gasteiger partial charge in [0.25, 0.3) is 0 Å². The van der Waals surface area contributed by atoms with Crippen molar-refractivity contribution in [2.24, 2.45) is 4.99 Å². The van der Waals surface area contributed by atoms with Gasteiger partial charge in [0, 0.05) is 15.5 Å². The highest BCUT2D eigenvalue weighted by atomic mass is 35.5. The van der Waals surface area contributed by atoms with E-state index in [4.69, 9.17) is 21.3 Å². The molecule has 26 heavy (non-hydrogen) atoms. The highest BCUT2D eigenvalue weighted by Crippen LogP contribution is 2.24. The molecule has 0 heterocycles. The second kappa shape index (κ2) is 9.27. The second-order valence-corrected chi connectivity index (χ2v) is 6.80. The largest absolute Gasteiger partial charge is 0.497 e. The van der Waals surface area contributed by atoms with Crippen LogP contribution in [0.3, 0.4) is 0 Å². The Hall–Kier alpha value is -2.49. The molecule has 0 saturated carbocycles. The number of benzene rings is 3. The number of aliphatic imine (C=N–C) groups is 1. The van der Waals surface area contributed by atoms with Gasteiger partial charge in [-0.2, -0.15) is 0 Å². The lowest BCUT2D eigenvalue weighted by Crippen LogP contribution is -1.97. The average molecular weight is 380 g/mol. The molecular weight excluding hydrogens is 362 g/mol. The van der Waals surface area contributed by atoms with E-state index in [0.717, 1.165) is 27.6 Å². The lowest BCUT2D eigenvalue weighted by molar-refractivity contribution is 0.414. The van der Waals surface area contributed by atoms with Crippen LogP contribution in [0.4, 0.5) is 5.69 Å². The first kappa shape index (κ1) is 18.3. The maximum atomic E-state index is 6.38. The van der Waals surface area contributed by atoms with E-state index in [1.54, 1.807) is 18.9 Å². The minimum Gasteiger partial charge on any atom is -0.497 e. The molecule has 0 saturated heterocycles. The molecule has 0 atom stereocenters. The van der Waals surface area contributed by atoms with Crippen molar-refractivity contribution in [3.05, 3.63) is 101 Å². The van der Waals surface area contributed by atoms with Gasteiger partial charge in [-0.1, -0.05) is 59.8 Å². The molecule has 0 spiro atoms. The fourth-order valence-electron chi connectivity index (χ4n) is 2.33. The molecule has 2 nitrogen and oxygen atoms in total. The molecule has 0 aliphatic rings. The van der Waals surface area contributed by atoms with E-state index in [1.807, 2.05) is 90.3 Å². The zero-order valence-corrected chi connectivity index (χ0v) is 15.9. The number of ether oxygens (including phenoxy) is 1. The third kappa shape index (κ3) is 5.01. The Balaban J connectivity index is 1.86. The summed E-state index contributed by atoms with van der Waals surface area (Å²) < 4.78 is 5.19. The summed E-state index contributed by atoms with van der Waals surface area (Å²) in [6.07, 6.45) is 1.99. The summed E-state index contributed by atoms with van der Waals surface area (Å²) in [4.78, 5) is 5.89. The Morgan fingerprint density at radius 1 is 0.923 bits per heavy atom. The Morgan fingerprint density at radius 2 is 1.62 bits per heavy atom. The van der Waals surface area contributed by atoms with Crippen LogP contribution in [0, 0.1) is 0 Å². The summed E-state index contributed by atoms with van der Waals surface area (Å²) in [7, 11) is 1.66. The summed E-state index contributed by atoms with van der Waals surface area (Å²) in [6, 6.07) is 25.5. The fourth-order valence-corrected chi connectivity index (χ4v) is 3.21. The number of rotatable bonds is 6. The van der Waals surface area contributed by atoms with Crippen molar-refractivity contribution in [2.45, 2.75) is 4.90 Å². The predicted molar refractivity (Wildman–Crippen MR) is 112 cm³/mol. The highest BCUT2D eigenvalue weighted by Gasteiger charge is 2.05. The van der Waals surface area contributed by atoms with E-state index in [1.165, 1.54) is 0 Å². The van der Waals surface area contributed by atoms with Crippen LogP contribution < -0.4 is 4.74 Å². The maximum absolute atomic E-state index is 6.38. The number of hydrogen-bond acceptors (Lipinski definition) is 3. The number of hydrogen-bond donors (Lipinski definition) is 0. The van der Waals surface area contributed by atoms with Crippen LogP contribution in [0.1, 0.15) is 5.56 Å². The third-order valence-corrected chi connectivity index (χ3v) is 4.79. The van der Waals surface area contributed by atoms with Crippen molar-refractivity contribution in [1.29, 1.82) is 0 Å². The van der Waals surface area contributed by atoms with Gasteiger partial charge in [-0.25, -0.2) is 4.99 Å². The number of nitrogens with zero attached hydrogens (tertiary/aromatic N) is 1. The van der Waals surface area contributed by atoms with Crippen LogP contribution in [0.15, 0.2) is 100 Å². The van der Waals surface area contributed by atoms with Crippen LogP contribution in [-0.2, 0) is 0 Å². The summed E-state index contributed by atoms with van der Waals surface area (Å²) >= 11 is 8.00. The van der Waals surface area contributed by atoms with Crippen molar-refractivity contribution in [3.63, 3.8) is 0 Å². The van der Waals surface area contributed by atoms with Gasteiger partial charge in [0.2, 0.25) is 0 Å². The zero-order valence-electron chi connectivity index (χ0n) is 14.3. The molecule has 0 aliphatic carbocycles. The average Bonchev–Trinajstić information content (AvgIpc) is 2.69. The molecule has 0 aromatic heterocycles. The summed E-state index contributed by atoms with van der Waals surface area (Å²) in [6.45, 7) is 0. The van der Waals surface area contributed by atoms with E-state index >= 15 is 0 Å². The molecule has 0 fully saturated rings. The number of allylic oxidation sites excluding steroid dienone is 1. The first-order chi connectivity index (χ1) is 12.8. The molecule has 0 amide bonds. The smallest absolute Gasteiger partial charge is 0.118 e. The number of methoxy groups -OCH3 is 1. The van der Waals surface area contributed by atoms with Crippen LogP contribution >= 0.6 is 23.4 Å². The minimum atomic E-state index is 0.682. The van der Waals surface area contributed by atoms with Gasteiger partial charge in [-0.15, -0.1) is 0 Å². The Morgan fingerprint density at radius 3 is 2.31 bits per heavy atom. The third-order valence-electron chi connectivity index (χ3n) is 3.65. The van der Waals surface area contributed by atoms with Crippen LogP contribution in [0.25, 0.3) is 0 Å². The van der Waals surface area contributed by atoms with E-state index in [0.29, 0.717) is 5.02 Å². The molecule has 0 N–H and O–H groups in total. The van der Waals surface area contributed by atoms with E-state index in [9.17, 15) is 0 Å². The summed E-state index contributed by atoms with van der Waals surface area (Å²) in [5, 5.41) is 2.70. The van der Waals surface area contributed by atoms with Crippen molar-refractivity contribution in [2.75, 3.05) is 7.11 Å². The first-order valence-electron chi connectivity index (χ1n) is 8.12. The van der Waals surface area contributed by atoms with Gasteiger partial charge in [0.15, 0.2) is 0 Å². The van der Waals surface area contributed by atoms with Crippen molar-refractivity contribution in [1.82, 2.24) is 0 Å². The molecule has 3 aromatic rings. The standard InChI is InChI=1S/C22H18ClNOS/c1-25-18-11-13-19(14-12-18)26-16-15-22(20-9-5-6-10-21(20)23)24-17-7-3-2-4-8-17/h2-16H,1H3. The van der Waals surface area contributed by atoms with Gasteiger partial charge < -0.3 is 4.74 Å².